The van der Waals surface area contributed by atoms with Gasteiger partial charge in [-0.2, -0.15) is 0 Å². The molecule has 0 amide bonds. The Morgan fingerprint density at radius 3 is 2.54 bits per heavy atom. The van der Waals surface area contributed by atoms with Gasteiger partial charge < -0.3 is 10.0 Å². The van der Waals surface area contributed by atoms with Gasteiger partial charge in [-0.25, -0.2) is 4.99 Å². The van der Waals surface area contributed by atoms with Crippen LogP contribution in [0.5, 0.6) is 0 Å². The summed E-state index contributed by atoms with van der Waals surface area (Å²) in [6, 6.07) is 0. The molecule has 4 nitrogen and oxygen atoms in total. The highest BCUT2D eigenvalue weighted by Crippen LogP contribution is 2.20. The maximum Gasteiger partial charge on any atom is 0.217 e. The molecule has 13 heavy (non-hydrogen) atoms. The third kappa shape index (κ3) is 2.81. The molecule has 1 rings (SSSR count). The van der Waals surface area contributed by atoms with Crippen LogP contribution in [0.2, 0.25) is 0 Å². The molecule has 1 aliphatic rings. The highest BCUT2D eigenvalue weighted by Gasteiger charge is 2.27. The highest BCUT2D eigenvalue weighted by atomic mass is 16.3. The molecule has 2 N–H and O–H groups in total. The molecule has 1 saturated heterocycles. The van der Waals surface area contributed by atoms with Crippen LogP contribution in [0.4, 0.5) is 0 Å². The number of piperidine rings is 1. The molecule has 0 saturated carbocycles. The minimum atomic E-state index is -0.549. The van der Waals surface area contributed by atoms with E-state index in [0.717, 1.165) is 13.1 Å². The fourth-order valence-electron chi connectivity index (χ4n) is 1.40. The van der Waals surface area contributed by atoms with E-state index in [1.807, 2.05) is 11.8 Å². The molecule has 0 spiro atoms. The second kappa shape index (κ2) is 3.87. The van der Waals surface area contributed by atoms with Gasteiger partial charge >= 0.3 is 0 Å². The number of likely N-dealkylation sites (tertiary alicyclic amines) is 1. The molecule has 0 unspecified atom stereocenters. The summed E-state index contributed by atoms with van der Waals surface area (Å²) in [6.45, 7) is 5.10. The molecule has 1 fully saturated rings. The van der Waals surface area contributed by atoms with Crippen molar-refractivity contribution in [3.05, 3.63) is 0 Å². The fraction of sp³-hybridized carbons (Fsp3) is 0.778. The number of hydrogen-bond acceptors (Lipinski definition) is 2. The first-order chi connectivity index (χ1) is 6.05. The predicted molar refractivity (Wildman–Crippen MR) is 53.3 cm³/mol. The van der Waals surface area contributed by atoms with Crippen molar-refractivity contribution in [2.45, 2.75) is 32.3 Å². The van der Waals surface area contributed by atoms with Crippen LogP contribution in [0.3, 0.4) is 0 Å². The van der Waals surface area contributed by atoms with Crippen molar-refractivity contribution in [3.63, 3.8) is 0 Å². The summed E-state index contributed by atoms with van der Waals surface area (Å²) in [5.74, 6) is 0.304. The van der Waals surface area contributed by atoms with E-state index >= 15 is 0 Å². The molecule has 4 heteroatoms. The van der Waals surface area contributed by atoms with E-state index in [0.29, 0.717) is 18.8 Å². The SMILES string of the molecule is C/C=N\C(=N)N1CCC(C)(O)CC1. The lowest BCUT2D eigenvalue weighted by atomic mass is 9.94. The van der Waals surface area contributed by atoms with Gasteiger partial charge in [0, 0.05) is 19.3 Å². The predicted octanol–water partition coefficient (Wildman–Crippen LogP) is 0.859. The van der Waals surface area contributed by atoms with Gasteiger partial charge in [-0.15, -0.1) is 0 Å². The minimum absolute atomic E-state index is 0.304. The second-order valence-corrected chi connectivity index (χ2v) is 3.69. The average Bonchev–Trinajstić information content (AvgIpc) is 2.04. The molecule has 0 aliphatic carbocycles. The minimum Gasteiger partial charge on any atom is -0.390 e. The highest BCUT2D eigenvalue weighted by molar-refractivity contribution is 5.84. The van der Waals surface area contributed by atoms with Gasteiger partial charge in [0.25, 0.3) is 0 Å². The average molecular weight is 183 g/mol. The van der Waals surface area contributed by atoms with Gasteiger partial charge in [-0.05, 0) is 26.7 Å². The zero-order chi connectivity index (χ0) is 9.90. The van der Waals surface area contributed by atoms with Gasteiger partial charge in [0.1, 0.15) is 0 Å². The van der Waals surface area contributed by atoms with Crippen LogP contribution in [0.1, 0.15) is 26.7 Å². The molecule has 0 atom stereocenters. The third-order valence-corrected chi connectivity index (χ3v) is 2.39. The lowest BCUT2D eigenvalue weighted by Crippen LogP contribution is -2.44. The summed E-state index contributed by atoms with van der Waals surface area (Å²) in [4.78, 5) is 5.79. The van der Waals surface area contributed by atoms with Crippen molar-refractivity contribution in [1.29, 1.82) is 5.41 Å². The number of aliphatic hydroxyl groups is 1. The number of guanidine groups is 1. The van der Waals surface area contributed by atoms with Gasteiger partial charge in [0.2, 0.25) is 5.96 Å². The number of rotatable bonds is 0. The molecule has 0 aromatic heterocycles. The van der Waals surface area contributed by atoms with Crippen molar-refractivity contribution in [2.24, 2.45) is 4.99 Å². The van der Waals surface area contributed by atoms with E-state index in [9.17, 15) is 5.11 Å². The van der Waals surface area contributed by atoms with Gasteiger partial charge in [0.15, 0.2) is 0 Å². The summed E-state index contributed by atoms with van der Waals surface area (Å²) >= 11 is 0. The monoisotopic (exact) mass is 183 g/mol. The molecular formula is C9H17N3O. The zero-order valence-corrected chi connectivity index (χ0v) is 8.25. The largest absolute Gasteiger partial charge is 0.390 e. The first-order valence-electron chi connectivity index (χ1n) is 4.60. The van der Waals surface area contributed by atoms with Crippen molar-refractivity contribution >= 4 is 12.2 Å². The van der Waals surface area contributed by atoms with Crippen LogP contribution < -0.4 is 0 Å². The van der Waals surface area contributed by atoms with E-state index < -0.39 is 5.60 Å². The van der Waals surface area contributed by atoms with Crippen molar-refractivity contribution in [3.8, 4) is 0 Å². The van der Waals surface area contributed by atoms with Crippen molar-refractivity contribution in [2.75, 3.05) is 13.1 Å². The maximum atomic E-state index is 9.67. The Bertz CT molecular complexity index is 213. The van der Waals surface area contributed by atoms with Gasteiger partial charge in [-0.3, -0.25) is 5.41 Å². The Labute approximate surface area is 78.8 Å². The molecule has 74 valence electrons. The van der Waals surface area contributed by atoms with E-state index in [4.69, 9.17) is 5.41 Å². The van der Waals surface area contributed by atoms with Gasteiger partial charge in [-0.1, -0.05) is 0 Å². The van der Waals surface area contributed by atoms with Crippen molar-refractivity contribution in [1.82, 2.24) is 4.90 Å². The van der Waals surface area contributed by atoms with E-state index in [-0.39, 0.29) is 0 Å². The van der Waals surface area contributed by atoms with Crippen molar-refractivity contribution < 1.29 is 5.11 Å². The zero-order valence-electron chi connectivity index (χ0n) is 8.25. The van der Waals surface area contributed by atoms with Crippen LogP contribution in [0, 0.1) is 5.41 Å². The van der Waals surface area contributed by atoms with E-state index in [1.165, 1.54) is 0 Å². The Morgan fingerprint density at radius 2 is 2.08 bits per heavy atom. The Kier molecular flexibility index (Phi) is 3.03. The third-order valence-electron chi connectivity index (χ3n) is 2.39. The summed E-state index contributed by atoms with van der Waals surface area (Å²) in [6.07, 6.45) is 3.05. The Morgan fingerprint density at radius 1 is 1.54 bits per heavy atom. The molecule has 0 radical (unpaired) electrons. The molecule has 0 aromatic rings. The smallest absolute Gasteiger partial charge is 0.217 e. The van der Waals surface area contributed by atoms with Crippen LogP contribution in [-0.4, -0.2) is 40.9 Å². The summed E-state index contributed by atoms with van der Waals surface area (Å²) < 4.78 is 0. The molecule has 1 aliphatic heterocycles. The standard InChI is InChI=1S/C9H17N3O/c1-3-11-8(10)12-6-4-9(2,13)5-7-12/h3,10,13H,4-7H2,1-2H3/b10-8?,11-3-. The van der Waals surface area contributed by atoms with Crippen LogP contribution >= 0.6 is 0 Å². The van der Waals surface area contributed by atoms with E-state index in [1.54, 1.807) is 13.1 Å². The summed E-state index contributed by atoms with van der Waals surface area (Å²) in [5.41, 5.74) is -0.549. The molecule has 1 heterocycles. The quantitative estimate of drug-likeness (QED) is 0.432. The first kappa shape index (κ1) is 10.2. The molecular weight excluding hydrogens is 166 g/mol. The second-order valence-electron chi connectivity index (χ2n) is 3.69. The first-order valence-corrected chi connectivity index (χ1v) is 4.60. The Hall–Kier alpha value is -0.900. The maximum absolute atomic E-state index is 9.67. The van der Waals surface area contributed by atoms with Crippen LogP contribution in [-0.2, 0) is 0 Å². The topological polar surface area (TPSA) is 59.7 Å². The van der Waals surface area contributed by atoms with E-state index in [2.05, 4.69) is 4.99 Å². The lowest BCUT2D eigenvalue weighted by molar-refractivity contribution is 0.00958. The number of hydrogen-bond donors (Lipinski definition) is 2. The summed E-state index contributed by atoms with van der Waals surface area (Å²) in [7, 11) is 0. The molecule has 0 aromatic carbocycles. The normalized spacial score (nSPS) is 22.2. The fourth-order valence-corrected chi connectivity index (χ4v) is 1.40. The molecule has 0 bridgehead atoms. The number of nitrogens with one attached hydrogen (secondary N) is 1. The lowest BCUT2D eigenvalue weighted by Gasteiger charge is -2.35. The van der Waals surface area contributed by atoms with Crippen LogP contribution in [0.25, 0.3) is 0 Å². The van der Waals surface area contributed by atoms with Gasteiger partial charge in [0.05, 0.1) is 5.60 Å². The Balaban J connectivity index is 2.45. The number of aliphatic imine (C=N–C) groups is 1. The number of nitrogens with zero attached hydrogens (tertiary/aromatic N) is 2. The summed E-state index contributed by atoms with van der Waals surface area (Å²) in [5, 5.41) is 17.2. The van der Waals surface area contributed by atoms with Crippen LogP contribution in [0.15, 0.2) is 4.99 Å².